The van der Waals surface area contributed by atoms with Crippen molar-refractivity contribution in [3.05, 3.63) is 23.9 Å². The Balaban J connectivity index is 1.61. The van der Waals surface area contributed by atoms with Crippen LogP contribution in [0.2, 0.25) is 0 Å². The molecule has 128 valence electrons. The number of nitrogens with zero attached hydrogens (tertiary/aromatic N) is 4. The van der Waals surface area contributed by atoms with Crippen LogP contribution in [-0.4, -0.2) is 71.7 Å². The average Bonchev–Trinajstić information content (AvgIpc) is 3.15. The van der Waals surface area contributed by atoms with Crippen LogP contribution in [-0.2, 0) is 16.1 Å². The molecule has 0 aromatic carbocycles. The largest absolute Gasteiger partial charge is 0.434 e. The molecular formula is C14H16FN5O4. The van der Waals surface area contributed by atoms with Crippen molar-refractivity contribution in [3.63, 3.8) is 0 Å². The Bertz CT molecular complexity index is 718. The van der Waals surface area contributed by atoms with Crippen molar-refractivity contribution in [1.82, 2.24) is 20.0 Å². The van der Waals surface area contributed by atoms with Crippen molar-refractivity contribution in [3.8, 4) is 0 Å². The molecule has 2 atom stereocenters. The highest BCUT2D eigenvalue weighted by Crippen LogP contribution is 2.24. The number of furan rings is 1. The quantitative estimate of drug-likeness (QED) is 0.806. The topological polar surface area (TPSA) is 98.5 Å². The van der Waals surface area contributed by atoms with Gasteiger partial charge >= 0.3 is 6.03 Å². The molecule has 0 spiro atoms. The standard InChI is InChI=1S/C14H16FN5O4/c1-18-12-11(13(22)19(2)14(18)23)20(7-17-12)6-10(21)16-5-8-3-4-9(15)24-8/h3-4,7,11-12H,5-6H2,1-2H3,(H,16,21). The molecule has 4 amide bonds. The molecule has 3 heterocycles. The Labute approximate surface area is 136 Å². The second-order valence-electron chi connectivity index (χ2n) is 5.57. The van der Waals surface area contributed by atoms with E-state index < -0.39 is 30.2 Å². The number of carbonyl (C=O) groups is 3. The lowest BCUT2D eigenvalue weighted by Gasteiger charge is -2.39. The summed E-state index contributed by atoms with van der Waals surface area (Å²) >= 11 is 0. The van der Waals surface area contributed by atoms with Gasteiger partial charge in [0.25, 0.3) is 11.9 Å². The van der Waals surface area contributed by atoms with E-state index in [1.807, 2.05) is 0 Å². The SMILES string of the molecule is CN1C(=O)C2C(N=CN2CC(=O)NCc2ccc(F)o2)N(C)C1=O. The predicted molar refractivity (Wildman–Crippen MR) is 79.2 cm³/mol. The number of hydrogen-bond acceptors (Lipinski definition) is 6. The smallest absolute Gasteiger partial charge is 0.328 e. The number of halogens is 1. The Kier molecular flexibility index (Phi) is 3.96. The molecule has 9 nitrogen and oxygen atoms in total. The summed E-state index contributed by atoms with van der Waals surface area (Å²) in [5, 5.41) is 2.57. The van der Waals surface area contributed by atoms with Gasteiger partial charge in [-0.15, -0.1) is 0 Å². The third-order valence-corrected chi connectivity index (χ3v) is 3.99. The summed E-state index contributed by atoms with van der Waals surface area (Å²) in [5.74, 6) is -0.511. The number of rotatable bonds is 4. The molecule has 1 aromatic rings. The van der Waals surface area contributed by atoms with Crippen molar-refractivity contribution < 1.29 is 23.2 Å². The zero-order valence-corrected chi connectivity index (χ0v) is 13.1. The maximum atomic E-state index is 12.7. The van der Waals surface area contributed by atoms with E-state index in [0.29, 0.717) is 0 Å². The van der Waals surface area contributed by atoms with Gasteiger partial charge in [-0.1, -0.05) is 0 Å². The number of fused-ring (bicyclic) bond motifs is 1. The van der Waals surface area contributed by atoms with Crippen molar-refractivity contribution in [2.75, 3.05) is 20.6 Å². The molecule has 0 aliphatic carbocycles. The summed E-state index contributed by atoms with van der Waals surface area (Å²) in [4.78, 5) is 44.2. The number of imide groups is 1. The van der Waals surface area contributed by atoms with Gasteiger partial charge in [-0.3, -0.25) is 14.5 Å². The fourth-order valence-corrected chi connectivity index (χ4v) is 2.70. The lowest BCUT2D eigenvalue weighted by molar-refractivity contribution is -0.136. The van der Waals surface area contributed by atoms with E-state index in [1.54, 1.807) is 7.05 Å². The molecule has 1 N–H and O–H groups in total. The zero-order valence-electron chi connectivity index (χ0n) is 13.1. The number of carbonyl (C=O) groups excluding carboxylic acids is 3. The maximum Gasteiger partial charge on any atom is 0.328 e. The van der Waals surface area contributed by atoms with E-state index >= 15 is 0 Å². The number of nitrogens with one attached hydrogen (secondary N) is 1. The number of urea groups is 1. The minimum Gasteiger partial charge on any atom is -0.434 e. The fraction of sp³-hybridized carbons (Fsp3) is 0.429. The minimum absolute atomic E-state index is 0.0358. The molecule has 10 heteroatoms. The molecular weight excluding hydrogens is 321 g/mol. The van der Waals surface area contributed by atoms with E-state index in [4.69, 9.17) is 4.42 Å². The van der Waals surface area contributed by atoms with Crippen LogP contribution < -0.4 is 5.32 Å². The number of aliphatic imine (C=N–C) groups is 1. The molecule has 0 saturated carbocycles. The van der Waals surface area contributed by atoms with Crippen LogP contribution in [0, 0.1) is 6.01 Å². The highest BCUT2D eigenvalue weighted by molar-refractivity contribution is 6.02. The van der Waals surface area contributed by atoms with Crippen LogP contribution in [0.3, 0.4) is 0 Å². The Hall–Kier alpha value is -2.91. The summed E-state index contributed by atoms with van der Waals surface area (Å²) in [5.41, 5.74) is 0. The number of amides is 4. The van der Waals surface area contributed by atoms with Gasteiger partial charge in [-0.2, -0.15) is 4.39 Å². The molecule has 24 heavy (non-hydrogen) atoms. The highest BCUT2D eigenvalue weighted by atomic mass is 19.1. The Morgan fingerprint density at radius 3 is 2.79 bits per heavy atom. The first-order valence-corrected chi connectivity index (χ1v) is 7.23. The fourth-order valence-electron chi connectivity index (χ4n) is 2.70. The highest BCUT2D eigenvalue weighted by Gasteiger charge is 2.48. The molecule has 3 rings (SSSR count). The molecule has 0 bridgehead atoms. The van der Waals surface area contributed by atoms with E-state index in [1.165, 1.54) is 29.3 Å². The Morgan fingerprint density at radius 1 is 1.38 bits per heavy atom. The third kappa shape index (κ3) is 2.70. The van der Waals surface area contributed by atoms with Gasteiger partial charge < -0.3 is 19.5 Å². The molecule has 2 aliphatic heterocycles. The molecule has 1 saturated heterocycles. The van der Waals surface area contributed by atoms with Gasteiger partial charge in [0.15, 0.2) is 12.2 Å². The van der Waals surface area contributed by atoms with Crippen LogP contribution in [0.4, 0.5) is 9.18 Å². The van der Waals surface area contributed by atoms with Crippen LogP contribution in [0.5, 0.6) is 0 Å². The lowest BCUT2D eigenvalue weighted by Crippen LogP contribution is -2.64. The second-order valence-corrected chi connectivity index (χ2v) is 5.57. The monoisotopic (exact) mass is 337 g/mol. The molecule has 1 aromatic heterocycles. The maximum absolute atomic E-state index is 12.7. The molecule has 2 unspecified atom stereocenters. The first kappa shape index (κ1) is 16.0. The second kappa shape index (κ2) is 5.95. The van der Waals surface area contributed by atoms with Gasteiger partial charge in [0.2, 0.25) is 5.91 Å². The van der Waals surface area contributed by atoms with Gasteiger partial charge in [0.05, 0.1) is 19.4 Å². The number of hydrogen-bond donors (Lipinski definition) is 1. The van der Waals surface area contributed by atoms with Crippen molar-refractivity contribution in [1.29, 1.82) is 0 Å². The average molecular weight is 337 g/mol. The van der Waals surface area contributed by atoms with Gasteiger partial charge in [0.1, 0.15) is 5.76 Å². The van der Waals surface area contributed by atoms with E-state index in [0.717, 1.165) is 11.0 Å². The Morgan fingerprint density at radius 2 is 2.12 bits per heavy atom. The van der Waals surface area contributed by atoms with Crippen LogP contribution in [0.1, 0.15) is 5.76 Å². The van der Waals surface area contributed by atoms with E-state index in [2.05, 4.69) is 10.3 Å². The van der Waals surface area contributed by atoms with E-state index in [-0.39, 0.29) is 24.8 Å². The lowest BCUT2D eigenvalue weighted by atomic mass is 10.1. The summed E-state index contributed by atoms with van der Waals surface area (Å²) in [6, 6.07) is 0.678. The van der Waals surface area contributed by atoms with Gasteiger partial charge in [-0.05, 0) is 6.07 Å². The number of likely N-dealkylation sites (N-methyl/N-ethyl adjacent to an activating group) is 2. The normalized spacial score (nSPS) is 23.0. The van der Waals surface area contributed by atoms with Crippen LogP contribution in [0.25, 0.3) is 0 Å². The molecule has 1 fully saturated rings. The van der Waals surface area contributed by atoms with Crippen molar-refractivity contribution >= 4 is 24.2 Å². The summed E-state index contributed by atoms with van der Waals surface area (Å²) in [7, 11) is 2.94. The van der Waals surface area contributed by atoms with E-state index in [9.17, 15) is 18.8 Å². The van der Waals surface area contributed by atoms with Crippen LogP contribution in [0.15, 0.2) is 21.5 Å². The van der Waals surface area contributed by atoms with Gasteiger partial charge in [-0.25, -0.2) is 9.79 Å². The first-order chi connectivity index (χ1) is 11.4. The zero-order chi connectivity index (χ0) is 17.4. The summed E-state index contributed by atoms with van der Waals surface area (Å²) in [6.07, 6.45) is 0.746. The van der Waals surface area contributed by atoms with Gasteiger partial charge in [0, 0.05) is 20.2 Å². The van der Waals surface area contributed by atoms with Crippen LogP contribution >= 0.6 is 0 Å². The summed E-state index contributed by atoms with van der Waals surface area (Å²) < 4.78 is 17.5. The summed E-state index contributed by atoms with van der Waals surface area (Å²) in [6.45, 7) is -0.0798. The van der Waals surface area contributed by atoms with Crippen molar-refractivity contribution in [2.24, 2.45) is 4.99 Å². The van der Waals surface area contributed by atoms with Crippen molar-refractivity contribution in [2.45, 2.75) is 18.8 Å². The third-order valence-electron chi connectivity index (χ3n) is 3.99. The molecule has 2 aliphatic rings. The minimum atomic E-state index is -0.732. The predicted octanol–water partition coefficient (Wildman–Crippen LogP) is -0.403. The molecule has 0 radical (unpaired) electrons. The first-order valence-electron chi connectivity index (χ1n) is 7.23.